The third-order valence-electron chi connectivity index (χ3n) is 18.6. The van der Waals surface area contributed by atoms with E-state index in [9.17, 15) is 0 Å². The minimum absolute atomic E-state index is 0.000834. The van der Waals surface area contributed by atoms with Crippen molar-refractivity contribution in [1.29, 1.82) is 0 Å². The molecule has 12 aromatic rings. The topological polar surface area (TPSA) is 3.24 Å². The fourth-order valence-electron chi connectivity index (χ4n) is 14.3. The van der Waals surface area contributed by atoms with E-state index < -0.39 is 10.8 Å². The number of hydrogen-bond donors (Lipinski definition) is 0. The van der Waals surface area contributed by atoms with Crippen LogP contribution in [0.15, 0.2) is 267 Å². The van der Waals surface area contributed by atoms with Crippen LogP contribution in [-0.2, 0) is 27.1 Å². The third-order valence-corrected chi connectivity index (χ3v) is 18.6. The maximum Gasteiger partial charge on any atom is 0.0714 e. The summed E-state index contributed by atoms with van der Waals surface area (Å²) in [7, 11) is 0. The van der Waals surface area contributed by atoms with Gasteiger partial charge < -0.3 is 4.90 Å². The molecule has 0 saturated heterocycles. The van der Waals surface area contributed by atoms with Gasteiger partial charge in [0.25, 0.3) is 0 Å². The third kappa shape index (κ3) is 8.18. The largest absolute Gasteiger partial charge is 0.310 e. The molecule has 0 radical (unpaired) electrons. The first-order valence-corrected chi connectivity index (χ1v) is 29.7. The van der Waals surface area contributed by atoms with Gasteiger partial charge in [0.05, 0.1) is 16.5 Å². The molecule has 1 nitrogen and oxygen atoms in total. The first kappa shape index (κ1) is 52.1. The average molecular weight is 1070 g/mol. The van der Waals surface area contributed by atoms with E-state index in [1.165, 1.54) is 116 Å². The van der Waals surface area contributed by atoms with E-state index in [4.69, 9.17) is 0 Å². The summed E-state index contributed by atoms with van der Waals surface area (Å²) in [6, 6.07) is 102. The van der Waals surface area contributed by atoms with Gasteiger partial charge in [-0.05, 0) is 157 Å². The maximum atomic E-state index is 2.57. The standard InChI is InChI=1S/C82H71N/c1-78(2,3)55-34-40-59(41-35-55)81(58-24-11-10-12-25-58)74-33-20-18-29-69(74)72-52-62(47-50-75(72)81)83(77-51-49-67(66-27-15-16-30-71(66)77)65-31-21-23-54-22-13-14-26-64(54)65)63-46-48-70-68-28-17-19-32-73(68)82(76(70)53-63,60-42-36-56(37-43-60)79(4,5)6)61-44-38-57(39-45-61)80(7,8)9/h10-53H,1-9H3. The van der Waals surface area contributed by atoms with E-state index >= 15 is 0 Å². The fraction of sp³-hybridized carbons (Fsp3) is 0.171. The number of fused-ring (bicyclic) bond motifs is 8. The lowest BCUT2D eigenvalue weighted by Crippen LogP contribution is -2.29. The zero-order valence-electron chi connectivity index (χ0n) is 49.4. The Balaban J connectivity index is 1.05. The summed E-state index contributed by atoms with van der Waals surface area (Å²) in [6.07, 6.45) is 0. The van der Waals surface area contributed by atoms with Gasteiger partial charge in [0.2, 0.25) is 0 Å². The highest BCUT2D eigenvalue weighted by molar-refractivity contribution is 6.11. The highest BCUT2D eigenvalue weighted by Gasteiger charge is 2.48. The van der Waals surface area contributed by atoms with E-state index in [-0.39, 0.29) is 16.2 Å². The molecule has 1 heteroatoms. The van der Waals surface area contributed by atoms with Crippen LogP contribution in [0.3, 0.4) is 0 Å². The minimum Gasteiger partial charge on any atom is -0.310 e. The molecule has 0 fully saturated rings. The molecule has 12 aromatic carbocycles. The lowest BCUT2D eigenvalue weighted by molar-refractivity contribution is 0.588. The van der Waals surface area contributed by atoms with Crippen molar-refractivity contribution in [2.45, 2.75) is 89.4 Å². The van der Waals surface area contributed by atoms with Crippen molar-refractivity contribution in [2.24, 2.45) is 0 Å². The Hall–Kier alpha value is -9.04. The Bertz CT molecular complexity index is 4400. The summed E-state index contributed by atoms with van der Waals surface area (Å²) in [4.78, 5) is 2.57. The number of benzene rings is 12. The lowest BCUT2D eigenvalue weighted by Gasteiger charge is -2.36. The predicted molar refractivity (Wildman–Crippen MR) is 352 cm³/mol. The molecule has 0 heterocycles. The molecule has 0 N–H and O–H groups in total. The van der Waals surface area contributed by atoms with Crippen LogP contribution in [0.1, 0.15) is 124 Å². The first-order chi connectivity index (χ1) is 40.1. The molecule has 0 aromatic heterocycles. The van der Waals surface area contributed by atoms with Gasteiger partial charge in [-0.15, -0.1) is 0 Å². The molecule has 404 valence electrons. The van der Waals surface area contributed by atoms with Crippen LogP contribution in [0.4, 0.5) is 17.1 Å². The molecule has 2 aliphatic carbocycles. The van der Waals surface area contributed by atoms with Gasteiger partial charge in [-0.2, -0.15) is 0 Å². The highest BCUT2D eigenvalue weighted by atomic mass is 15.1. The van der Waals surface area contributed by atoms with Crippen LogP contribution in [0.2, 0.25) is 0 Å². The van der Waals surface area contributed by atoms with Crippen LogP contribution < -0.4 is 4.90 Å². The summed E-state index contributed by atoms with van der Waals surface area (Å²) < 4.78 is 0. The molecule has 0 bridgehead atoms. The molecule has 14 rings (SSSR count). The van der Waals surface area contributed by atoms with Gasteiger partial charge in [-0.25, -0.2) is 0 Å². The average Bonchev–Trinajstić information content (AvgIpc) is 2.33. The maximum absolute atomic E-state index is 2.57. The van der Waals surface area contributed by atoms with Gasteiger partial charge in [0.15, 0.2) is 0 Å². The minimum atomic E-state index is -0.630. The number of nitrogens with zero attached hydrogens (tertiary/aromatic N) is 1. The van der Waals surface area contributed by atoms with Crippen molar-refractivity contribution in [1.82, 2.24) is 0 Å². The quantitative estimate of drug-likeness (QED) is 0.147. The molecular weight excluding hydrogens is 999 g/mol. The van der Waals surface area contributed by atoms with E-state index in [1.807, 2.05) is 0 Å². The molecule has 2 aliphatic rings. The monoisotopic (exact) mass is 1070 g/mol. The van der Waals surface area contributed by atoms with Crippen LogP contribution in [0, 0.1) is 0 Å². The van der Waals surface area contributed by atoms with Gasteiger partial charge in [0, 0.05) is 16.8 Å². The summed E-state index contributed by atoms with van der Waals surface area (Å²) in [5.74, 6) is 0. The summed E-state index contributed by atoms with van der Waals surface area (Å²) >= 11 is 0. The Morgan fingerprint density at radius 2 is 0.639 bits per heavy atom. The zero-order chi connectivity index (χ0) is 57.0. The van der Waals surface area contributed by atoms with E-state index in [2.05, 4.69) is 334 Å². The van der Waals surface area contributed by atoms with Gasteiger partial charge >= 0.3 is 0 Å². The van der Waals surface area contributed by atoms with E-state index in [0.717, 1.165) is 17.1 Å². The second-order valence-electron chi connectivity index (χ2n) is 26.4. The van der Waals surface area contributed by atoms with Crippen LogP contribution in [0.5, 0.6) is 0 Å². The first-order valence-electron chi connectivity index (χ1n) is 29.7. The molecule has 1 unspecified atom stereocenters. The van der Waals surface area contributed by atoms with Crippen molar-refractivity contribution in [3.05, 3.63) is 328 Å². The Labute approximate surface area is 491 Å². The van der Waals surface area contributed by atoms with Gasteiger partial charge in [-0.3, -0.25) is 0 Å². The molecular formula is C82H71N. The van der Waals surface area contributed by atoms with Gasteiger partial charge in [-0.1, -0.05) is 299 Å². The van der Waals surface area contributed by atoms with Crippen molar-refractivity contribution in [3.63, 3.8) is 0 Å². The number of rotatable bonds is 8. The molecule has 0 spiro atoms. The molecule has 1 atom stereocenters. The fourth-order valence-corrected chi connectivity index (χ4v) is 14.3. The van der Waals surface area contributed by atoms with Crippen LogP contribution >= 0.6 is 0 Å². The number of anilines is 3. The second kappa shape index (κ2) is 19.3. The molecule has 0 amide bonds. The highest BCUT2D eigenvalue weighted by Crippen LogP contribution is 2.60. The normalized spacial score (nSPS) is 15.2. The van der Waals surface area contributed by atoms with E-state index in [0.29, 0.717) is 0 Å². The Morgan fingerprint density at radius 1 is 0.253 bits per heavy atom. The molecule has 0 aliphatic heterocycles. The summed E-state index contributed by atoms with van der Waals surface area (Å²) in [6.45, 7) is 20.8. The number of hydrogen-bond acceptors (Lipinski definition) is 1. The predicted octanol–water partition coefficient (Wildman–Crippen LogP) is 21.7. The van der Waals surface area contributed by atoms with Crippen LogP contribution in [-0.4, -0.2) is 0 Å². The van der Waals surface area contributed by atoms with Crippen molar-refractivity contribution < 1.29 is 0 Å². The van der Waals surface area contributed by atoms with Crippen molar-refractivity contribution in [3.8, 4) is 33.4 Å². The zero-order valence-corrected chi connectivity index (χ0v) is 49.4. The van der Waals surface area contributed by atoms with Crippen molar-refractivity contribution >= 4 is 38.6 Å². The van der Waals surface area contributed by atoms with Crippen LogP contribution in [0.25, 0.3) is 54.9 Å². The second-order valence-corrected chi connectivity index (χ2v) is 26.4. The molecule has 83 heavy (non-hydrogen) atoms. The lowest BCUT2D eigenvalue weighted by atomic mass is 9.67. The Morgan fingerprint density at radius 3 is 1.22 bits per heavy atom. The van der Waals surface area contributed by atoms with Gasteiger partial charge in [0.1, 0.15) is 0 Å². The Kier molecular flexibility index (Phi) is 12.1. The van der Waals surface area contributed by atoms with E-state index in [1.54, 1.807) is 0 Å². The molecule has 0 saturated carbocycles. The summed E-state index contributed by atoms with van der Waals surface area (Å²) in [5, 5.41) is 4.87. The smallest absolute Gasteiger partial charge is 0.0714 e. The summed E-state index contributed by atoms with van der Waals surface area (Å²) in [5.41, 5.74) is 23.8. The SMILES string of the molecule is CC(C)(C)c1ccc(C2(c3ccccc3)c3ccccc3-c3cc(N(c4ccc5c(c4)C(c4ccc(C(C)(C)C)cc4)(c4ccc(C(C)(C)C)cc4)c4ccccc4-5)c4ccc(-c5cccc6ccccc56)c5ccccc45)ccc32)cc1. The van der Waals surface area contributed by atoms with Crippen molar-refractivity contribution in [2.75, 3.05) is 4.90 Å².